The van der Waals surface area contributed by atoms with E-state index in [1.807, 2.05) is 12.1 Å². The minimum absolute atomic E-state index is 0.136. The number of ether oxygens (including phenoxy) is 2. The molecule has 0 radical (unpaired) electrons. The number of benzene rings is 10. The fraction of sp³-hybridized carbons (Fsp3) is 0. The monoisotopic (exact) mass is 869 g/mol. The van der Waals surface area contributed by atoms with E-state index in [-0.39, 0.29) is 13.4 Å². The van der Waals surface area contributed by atoms with Crippen LogP contribution in [0.2, 0.25) is 0 Å². The Morgan fingerprint density at radius 3 is 1.50 bits per heavy atom. The van der Waals surface area contributed by atoms with Gasteiger partial charge in [-0.2, -0.15) is 0 Å². The fourth-order valence-electron chi connectivity index (χ4n) is 11.6. The highest BCUT2D eigenvalue weighted by Crippen LogP contribution is 2.50. The molecule has 4 aliphatic heterocycles. The van der Waals surface area contributed by atoms with E-state index in [2.05, 4.69) is 227 Å². The lowest BCUT2D eigenvalue weighted by molar-refractivity contribution is 0.487. The Morgan fingerprint density at radius 1 is 0.353 bits per heavy atom. The normalized spacial score (nSPS) is 13.4. The third-order valence-electron chi connectivity index (χ3n) is 14.3. The van der Waals surface area contributed by atoms with Crippen LogP contribution in [0.4, 0.5) is 51.2 Å². The fourth-order valence-corrected chi connectivity index (χ4v) is 11.6. The largest absolute Gasteiger partial charge is 0.458 e. The lowest BCUT2D eigenvalue weighted by Gasteiger charge is -2.44. The van der Waals surface area contributed by atoms with Gasteiger partial charge in [0.05, 0.1) is 11.1 Å². The van der Waals surface area contributed by atoms with Crippen molar-refractivity contribution in [1.82, 2.24) is 0 Å². The molecule has 0 fully saturated rings. The van der Waals surface area contributed by atoms with Crippen molar-refractivity contribution < 1.29 is 13.9 Å². The van der Waals surface area contributed by atoms with Gasteiger partial charge in [-0.3, -0.25) is 0 Å². The molecule has 0 unspecified atom stereocenters. The second-order valence-corrected chi connectivity index (χ2v) is 18.0. The summed E-state index contributed by atoms with van der Waals surface area (Å²) in [7, 11) is 0. The van der Waals surface area contributed by atoms with E-state index < -0.39 is 0 Å². The molecule has 4 aliphatic rings. The number of hydrogen-bond acceptors (Lipinski definition) is 6. The number of para-hydroxylation sites is 7. The molecule has 0 saturated carbocycles. The predicted molar refractivity (Wildman–Crippen MR) is 280 cm³/mol. The van der Waals surface area contributed by atoms with Crippen LogP contribution in [0.1, 0.15) is 0 Å². The lowest BCUT2D eigenvalue weighted by Crippen LogP contribution is -2.63. The summed E-state index contributed by atoms with van der Waals surface area (Å²) in [4.78, 5) is 7.22. The molecule has 0 atom stereocenters. The third-order valence-corrected chi connectivity index (χ3v) is 14.3. The Hall–Kier alpha value is -8.87. The first-order valence-corrected chi connectivity index (χ1v) is 23.2. The molecule has 0 bridgehead atoms. The van der Waals surface area contributed by atoms with Gasteiger partial charge in [0.2, 0.25) is 0 Å². The van der Waals surface area contributed by atoms with E-state index in [1.54, 1.807) is 0 Å². The molecule has 0 aliphatic carbocycles. The lowest BCUT2D eigenvalue weighted by atomic mass is 9.31. The molecular weight excluding hydrogens is 832 g/mol. The van der Waals surface area contributed by atoms with Crippen LogP contribution in [0.25, 0.3) is 21.9 Å². The summed E-state index contributed by atoms with van der Waals surface area (Å²) in [6.07, 6.45) is 0. The van der Waals surface area contributed by atoms with Crippen LogP contribution in [0.3, 0.4) is 0 Å². The Kier molecular flexibility index (Phi) is 7.86. The summed E-state index contributed by atoms with van der Waals surface area (Å²) in [5.74, 6) is 3.40. The van der Waals surface area contributed by atoms with Crippen molar-refractivity contribution in [3.05, 3.63) is 224 Å². The number of nitrogens with zero attached hydrogens (tertiary/aromatic N) is 3. The summed E-state index contributed by atoms with van der Waals surface area (Å²) in [5, 5.41) is 2.04. The zero-order valence-corrected chi connectivity index (χ0v) is 36.6. The van der Waals surface area contributed by atoms with E-state index in [1.165, 1.54) is 10.9 Å². The first kappa shape index (κ1) is 37.4. The zero-order valence-electron chi connectivity index (χ0n) is 36.6. The van der Waals surface area contributed by atoms with Gasteiger partial charge in [0, 0.05) is 63.0 Å². The molecule has 5 heterocycles. The standard InChI is InChI=1S/C60H37B2N3O3/c1-5-19-38(20-6-1)63(39-21-7-2-8-22-39)42-33-50-58-56(34-42)67-53-31-17-14-28-44(53)61(58)46-35-47-49(36-48(46)64(50)40-23-9-3-10-24-40)65(41-25-11-4-12-26-41)51-37-55-57(43-27-13-16-30-52(43)66-55)60-59(51)62(47)45-29-15-18-32-54(45)68-60/h1-37H. The summed E-state index contributed by atoms with van der Waals surface area (Å²) in [6.45, 7) is -0.278. The van der Waals surface area contributed by atoms with Gasteiger partial charge in [-0.15, -0.1) is 0 Å². The summed E-state index contributed by atoms with van der Waals surface area (Å²) in [6, 6.07) is 80.0. The van der Waals surface area contributed by atoms with Gasteiger partial charge in [0.15, 0.2) is 0 Å². The van der Waals surface area contributed by atoms with Gasteiger partial charge in [-0.1, -0.05) is 133 Å². The van der Waals surface area contributed by atoms with E-state index in [9.17, 15) is 0 Å². The van der Waals surface area contributed by atoms with Crippen LogP contribution in [-0.2, 0) is 0 Å². The van der Waals surface area contributed by atoms with Crippen molar-refractivity contribution in [3.63, 3.8) is 0 Å². The molecule has 0 amide bonds. The minimum Gasteiger partial charge on any atom is -0.458 e. The molecule has 0 spiro atoms. The van der Waals surface area contributed by atoms with Crippen LogP contribution in [-0.4, -0.2) is 13.4 Å². The zero-order chi connectivity index (χ0) is 44.5. The van der Waals surface area contributed by atoms with Gasteiger partial charge in [-0.25, -0.2) is 0 Å². The first-order valence-electron chi connectivity index (χ1n) is 23.2. The van der Waals surface area contributed by atoms with Crippen molar-refractivity contribution in [2.45, 2.75) is 0 Å². The van der Waals surface area contributed by atoms with Crippen LogP contribution < -0.4 is 57.0 Å². The van der Waals surface area contributed by atoms with Gasteiger partial charge in [0.1, 0.15) is 34.2 Å². The molecule has 68 heavy (non-hydrogen) atoms. The number of hydrogen-bond donors (Lipinski definition) is 0. The average molecular weight is 870 g/mol. The molecule has 316 valence electrons. The van der Waals surface area contributed by atoms with Crippen LogP contribution in [0.15, 0.2) is 229 Å². The second kappa shape index (κ2) is 14.3. The first-order chi connectivity index (χ1) is 33.7. The maximum absolute atomic E-state index is 7.13. The van der Waals surface area contributed by atoms with E-state index >= 15 is 0 Å². The maximum Gasteiger partial charge on any atom is 0.256 e. The maximum atomic E-state index is 7.13. The molecule has 6 nitrogen and oxygen atoms in total. The van der Waals surface area contributed by atoms with Crippen molar-refractivity contribution in [3.8, 4) is 23.0 Å². The molecule has 1 aromatic heterocycles. The van der Waals surface area contributed by atoms with Crippen molar-refractivity contribution in [1.29, 1.82) is 0 Å². The molecule has 8 heteroatoms. The van der Waals surface area contributed by atoms with E-state index in [0.29, 0.717) is 0 Å². The van der Waals surface area contributed by atoms with Crippen LogP contribution >= 0.6 is 0 Å². The Balaban J connectivity index is 1.06. The number of anilines is 9. The van der Waals surface area contributed by atoms with Crippen molar-refractivity contribution >= 4 is 119 Å². The van der Waals surface area contributed by atoms with E-state index in [0.717, 1.165) is 118 Å². The highest BCUT2D eigenvalue weighted by molar-refractivity contribution is 7.02. The highest BCUT2D eigenvalue weighted by atomic mass is 16.5. The molecule has 15 rings (SSSR count). The molecule has 10 aromatic carbocycles. The topological polar surface area (TPSA) is 41.3 Å². The van der Waals surface area contributed by atoms with Crippen LogP contribution in [0, 0.1) is 0 Å². The number of furan rings is 1. The molecule has 11 aromatic rings. The van der Waals surface area contributed by atoms with E-state index in [4.69, 9.17) is 13.9 Å². The predicted octanol–water partition coefficient (Wildman–Crippen LogP) is 11.9. The SMILES string of the molecule is c1ccc(N(c2ccccc2)c2cc3c4c(c2)N(c2ccccc2)c2cc5c(cc2B4c2ccccc2O3)B2c3ccccc3Oc3c2c(cc2oc4ccccc4c32)N5c2ccccc2)cc1. The Bertz CT molecular complexity index is 3810. The molecular formula is C60H37B2N3O3. The minimum atomic E-state index is -0.142. The molecule has 0 saturated heterocycles. The summed E-state index contributed by atoms with van der Waals surface area (Å²) < 4.78 is 21.0. The summed E-state index contributed by atoms with van der Waals surface area (Å²) >= 11 is 0. The van der Waals surface area contributed by atoms with Gasteiger partial charge < -0.3 is 28.6 Å². The Morgan fingerprint density at radius 2 is 0.868 bits per heavy atom. The van der Waals surface area contributed by atoms with Crippen LogP contribution in [0.5, 0.6) is 23.0 Å². The smallest absolute Gasteiger partial charge is 0.256 e. The van der Waals surface area contributed by atoms with Gasteiger partial charge >= 0.3 is 0 Å². The highest BCUT2D eigenvalue weighted by Gasteiger charge is 2.48. The van der Waals surface area contributed by atoms with Crippen molar-refractivity contribution in [2.75, 3.05) is 14.7 Å². The Labute approximate surface area is 393 Å². The number of rotatable bonds is 5. The third kappa shape index (κ3) is 5.31. The van der Waals surface area contributed by atoms with Gasteiger partial charge in [0.25, 0.3) is 13.4 Å². The average Bonchev–Trinajstić information content (AvgIpc) is 3.78. The summed E-state index contributed by atoms with van der Waals surface area (Å²) in [5.41, 5.74) is 18.1. The second-order valence-electron chi connectivity index (χ2n) is 18.0. The number of fused-ring (bicyclic) bond motifs is 12. The van der Waals surface area contributed by atoms with Gasteiger partial charge in [-0.05, 0) is 112 Å². The quantitative estimate of drug-likeness (QED) is 0.161. The molecule has 0 N–H and O–H groups in total. The van der Waals surface area contributed by atoms with Crippen molar-refractivity contribution in [2.24, 2.45) is 0 Å².